The summed E-state index contributed by atoms with van der Waals surface area (Å²) in [6.45, 7) is 4.12. The second-order valence-electron chi connectivity index (χ2n) is 5.69. The molecule has 1 N–H and O–H groups in total. The van der Waals surface area contributed by atoms with Gasteiger partial charge in [-0.2, -0.15) is 23.5 Å². The Balaban J connectivity index is 1.71. The van der Waals surface area contributed by atoms with E-state index in [1.54, 1.807) is 0 Å². The lowest BCUT2D eigenvalue weighted by atomic mass is 9.93. The van der Waals surface area contributed by atoms with Crippen LogP contribution in [0.15, 0.2) is 24.3 Å². The number of thioether (sulfide) groups is 2. The highest BCUT2D eigenvalue weighted by Gasteiger charge is 2.29. The first kappa shape index (κ1) is 15.7. The van der Waals surface area contributed by atoms with Crippen molar-refractivity contribution < 1.29 is 4.74 Å². The highest BCUT2D eigenvalue weighted by Crippen LogP contribution is 2.34. The minimum atomic E-state index is 0.270. The normalized spacial score (nSPS) is 27.1. The summed E-state index contributed by atoms with van der Waals surface area (Å²) in [5, 5.41) is 4.44. The van der Waals surface area contributed by atoms with E-state index in [1.165, 1.54) is 28.4 Å². The standard InChI is InChI=1S/C17H25NOS2/c1-2-18-15(17-12-20-9-10-21-17)11-16-14-6-4-3-5-13(14)7-8-19-16/h3-6,15-18H,2,7-12H2,1H3. The minimum absolute atomic E-state index is 0.270. The van der Waals surface area contributed by atoms with Crippen LogP contribution in [0.5, 0.6) is 0 Å². The quantitative estimate of drug-likeness (QED) is 0.895. The van der Waals surface area contributed by atoms with Crippen molar-refractivity contribution in [1.82, 2.24) is 5.32 Å². The number of hydrogen-bond donors (Lipinski definition) is 1. The van der Waals surface area contributed by atoms with E-state index in [-0.39, 0.29) is 6.10 Å². The molecule has 0 bridgehead atoms. The van der Waals surface area contributed by atoms with Crippen LogP contribution in [0.25, 0.3) is 0 Å². The maximum atomic E-state index is 6.12. The first-order valence-corrected chi connectivity index (χ1v) is 10.2. The third kappa shape index (κ3) is 3.98. The van der Waals surface area contributed by atoms with Crippen LogP contribution in [-0.4, -0.2) is 41.7 Å². The Kier molecular flexibility index (Phi) is 5.92. The molecule has 1 aromatic rings. The lowest BCUT2D eigenvalue weighted by Crippen LogP contribution is -2.42. The van der Waals surface area contributed by atoms with Crippen molar-refractivity contribution in [2.45, 2.75) is 37.2 Å². The molecule has 0 aliphatic carbocycles. The van der Waals surface area contributed by atoms with Crippen LogP contribution in [0.2, 0.25) is 0 Å². The van der Waals surface area contributed by atoms with Crippen LogP contribution in [0.1, 0.15) is 30.6 Å². The van der Waals surface area contributed by atoms with Gasteiger partial charge in [0.25, 0.3) is 0 Å². The van der Waals surface area contributed by atoms with E-state index >= 15 is 0 Å². The molecule has 1 aromatic carbocycles. The van der Waals surface area contributed by atoms with Crippen molar-refractivity contribution in [3.05, 3.63) is 35.4 Å². The molecule has 0 saturated carbocycles. The predicted octanol–water partition coefficient (Wildman–Crippen LogP) is 3.52. The Hall–Kier alpha value is -0.160. The van der Waals surface area contributed by atoms with Gasteiger partial charge in [0, 0.05) is 28.6 Å². The Bertz CT molecular complexity index is 448. The topological polar surface area (TPSA) is 21.3 Å². The van der Waals surface area contributed by atoms with Crippen LogP contribution in [0.3, 0.4) is 0 Å². The van der Waals surface area contributed by atoms with Crippen LogP contribution in [0, 0.1) is 0 Å². The third-order valence-electron chi connectivity index (χ3n) is 4.32. The van der Waals surface area contributed by atoms with E-state index in [9.17, 15) is 0 Å². The van der Waals surface area contributed by atoms with Crippen LogP contribution >= 0.6 is 23.5 Å². The van der Waals surface area contributed by atoms with Gasteiger partial charge >= 0.3 is 0 Å². The largest absolute Gasteiger partial charge is 0.373 e. The zero-order valence-electron chi connectivity index (χ0n) is 12.7. The van der Waals surface area contributed by atoms with E-state index in [4.69, 9.17) is 4.74 Å². The summed E-state index contributed by atoms with van der Waals surface area (Å²) in [4.78, 5) is 0. The molecule has 2 aliphatic heterocycles. The van der Waals surface area contributed by atoms with Gasteiger partial charge in [0.1, 0.15) is 0 Å². The first-order valence-electron chi connectivity index (χ1n) is 8.00. The van der Waals surface area contributed by atoms with E-state index < -0.39 is 0 Å². The van der Waals surface area contributed by atoms with Gasteiger partial charge in [0.05, 0.1) is 12.7 Å². The highest BCUT2D eigenvalue weighted by atomic mass is 32.2. The van der Waals surface area contributed by atoms with Crippen LogP contribution in [0.4, 0.5) is 0 Å². The number of nitrogens with one attached hydrogen (secondary N) is 1. The average Bonchev–Trinajstić information content (AvgIpc) is 2.55. The molecule has 0 radical (unpaired) electrons. The van der Waals surface area contributed by atoms with Crippen molar-refractivity contribution in [1.29, 1.82) is 0 Å². The van der Waals surface area contributed by atoms with Crippen LogP contribution in [-0.2, 0) is 11.2 Å². The van der Waals surface area contributed by atoms with Gasteiger partial charge in [-0.1, -0.05) is 31.2 Å². The Morgan fingerprint density at radius 3 is 3.05 bits per heavy atom. The summed E-state index contributed by atoms with van der Waals surface area (Å²) >= 11 is 4.25. The van der Waals surface area contributed by atoms with Crippen molar-refractivity contribution in [3.8, 4) is 0 Å². The van der Waals surface area contributed by atoms with Crippen molar-refractivity contribution in [3.63, 3.8) is 0 Å². The molecule has 3 atom stereocenters. The fraction of sp³-hybridized carbons (Fsp3) is 0.647. The number of ether oxygens (including phenoxy) is 1. The molecular formula is C17H25NOS2. The number of hydrogen-bond acceptors (Lipinski definition) is 4. The van der Waals surface area contributed by atoms with Gasteiger partial charge in [0.15, 0.2) is 0 Å². The molecule has 1 fully saturated rings. The molecule has 116 valence electrons. The van der Waals surface area contributed by atoms with E-state index in [0.29, 0.717) is 6.04 Å². The molecule has 0 amide bonds. The lowest BCUT2D eigenvalue weighted by Gasteiger charge is -2.34. The molecular weight excluding hydrogens is 298 g/mol. The Morgan fingerprint density at radius 1 is 1.33 bits per heavy atom. The first-order chi connectivity index (χ1) is 10.4. The fourth-order valence-electron chi connectivity index (χ4n) is 3.27. The van der Waals surface area contributed by atoms with Gasteiger partial charge in [-0.15, -0.1) is 0 Å². The van der Waals surface area contributed by atoms with Gasteiger partial charge < -0.3 is 10.1 Å². The second kappa shape index (κ2) is 7.91. The summed E-state index contributed by atoms with van der Waals surface area (Å²) in [5.74, 6) is 3.87. The predicted molar refractivity (Wildman–Crippen MR) is 94.5 cm³/mol. The van der Waals surface area contributed by atoms with E-state index in [1.807, 2.05) is 0 Å². The fourth-order valence-corrected chi connectivity index (χ4v) is 6.17. The molecule has 2 heterocycles. The zero-order valence-corrected chi connectivity index (χ0v) is 14.3. The van der Waals surface area contributed by atoms with Crippen molar-refractivity contribution in [2.24, 2.45) is 0 Å². The maximum Gasteiger partial charge on any atom is 0.0843 e. The minimum Gasteiger partial charge on any atom is -0.373 e. The van der Waals surface area contributed by atoms with Gasteiger partial charge in [0.2, 0.25) is 0 Å². The summed E-state index contributed by atoms with van der Waals surface area (Å²) < 4.78 is 6.12. The second-order valence-corrected chi connectivity index (χ2v) is 8.19. The lowest BCUT2D eigenvalue weighted by molar-refractivity contribution is 0.0298. The van der Waals surface area contributed by atoms with E-state index in [0.717, 1.165) is 31.2 Å². The summed E-state index contributed by atoms with van der Waals surface area (Å²) in [6.07, 6.45) is 2.43. The third-order valence-corrected chi connectivity index (χ3v) is 7.24. The SMILES string of the molecule is CCNC(CC1OCCc2ccccc21)C1CSCCS1. The highest BCUT2D eigenvalue weighted by molar-refractivity contribution is 8.06. The molecule has 4 heteroatoms. The summed E-state index contributed by atoms with van der Waals surface area (Å²) in [5.41, 5.74) is 2.90. The number of benzene rings is 1. The average molecular weight is 324 g/mol. The molecule has 0 spiro atoms. The smallest absolute Gasteiger partial charge is 0.0843 e. The Labute approximate surface area is 136 Å². The van der Waals surface area contributed by atoms with Gasteiger partial charge in [-0.25, -0.2) is 0 Å². The zero-order chi connectivity index (χ0) is 14.5. The summed E-state index contributed by atoms with van der Waals surface area (Å²) in [7, 11) is 0. The van der Waals surface area contributed by atoms with Crippen molar-refractivity contribution in [2.75, 3.05) is 30.4 Å². The Morgan fingerprint density at radius 2 is 2.24 bits per heavy atom. The van der Waals surface area contributed by atoms with Gasteiger partial charge in [-0.05, 0) is 30.5 Å². The number of fused-ring (bicyclic) bond motifs is 1. The maximum absolute atomic E-state index is 6.12. The van der Waals surface area contributed by atoms with Gasteiger partial charge in [-0.3, -0.25) is 0 Å². The van der Waals surface area contributed by atoms with Crippen LogP contribution < -0.4 is 5.32 Å². The molecule has 1 saturated heterocycles. The monoisotopic (exact) mass is 323 g/mol. The molecule has 21 heavy (non-hydrogen) atoms. The molecule has 3 unspecified atom stereocenters. The number of rotatable bonds is 5. The molecule has 0 aromatic heterocycles. The molecule has 2 nitrogen and oxygen atoms in total. The van der Waals surface area contributed by atoms with Crippen molar-refractivity contribution >= 4 is 23.5 Å². The van der Waals surface area contributed by atoms with E-state index in [2.05, 4.69) is 60.0 Å². The molecule has 3 rings (SSSR count). The molecule has 2 aliphatic rings. The summed E-state index contributed by atoms with van der Waals surface area (Å²) in [6, 6.07) is 9.37.